The smallest absolute Gasteiger partial charge is 0.238 e. The Balaban J connectivity index is 1.62. The summed E-state index contributed by atoms with van der Waals surface area (Å²) in [5.74, 6) is 0.684. The van der Waals surface area contributed by atoms with Crippen molar-refractivity contribution in [1.82, 2.24) is 0 Å². The van der Waals surface area contributed by atoms with Gasteiger partial charge in [-0.2, -0.15) is 0 Å². The van der Waals surface area contributed by atoms with Gasteiger partial charge in [0.2, 0.25) is 5.91 Å². The van der Waals surface area contributed by atoms with Crippen LogP contribution in [-0.4, -0.2) is 17.9 Å². The van der Waals surface area contributed by atoms with E-state index in [9.17, 15) is 4.79 Å². The highest BCUT2D eigenvalue weighted by Gasteiger charge is 2.35. The van der Waals surface area contributed by atoms with Gasteiger partial charge in [-0.25, -0.2) is 0 Å². The van der Waals surface area contributed by atoms with Crippen molar-refractivity contribution in [2.24, 2.45) is 4.99 Å². The second-order valence-electron chi connectivity index (χ2n) is 6.32. The van der Waals surface area contributed by atoms with Gasteiger partial charge in [-0.1, -0.05) is 42.5 Å². The van der Waals surface area contributed by atoms with Gasteiger partial charge in [-0.15, -0.1) is 11.8 Å². The van der Waals surface area contributed by atoms with E-state index >= 15 is 0 Å². The van der Waals surface area contributed by atoms with Crippen LogP contribution in [0.1, 0.15) is 16.5 Å². The van der Waals surface area contributed by atoms with E-state index in [1.165, 1.54) is 21.9 Å². The molecule has 0 N–H and O–H groups in total. The van der Waals surface area contributed by atoms with Gasteiger partial charge in [0.25, 0.3) is 0 Å². The Morgan fingerprint density at radius 1 is 1.04 bits per heavy atom. The molecule has 2 aliphatic heterocycles. The van der Waals surface area contributed by atoms with Crippen LogP contribution in [0.25, 0.3) is 10.8 Å². The number of benzene rings is 3. The fraction of sp³-hybridized carbons (Fsp3) is 0.143. The summed E-state index contributed by atoms with van der Waals surface area (Å²) >= 11 is 1.70. The summed E-state index contributed by atoms with van der Waals surface area (Å²) in [7, 11) is 0. The lowest BCUT2D eigenvalue weighted by atomic mass is 10.0. The van der Waals surface area contributed by atoms with Gasteiger partial charge >= 0.3 is 0 Å². The highest BCUT2D eigenvalue weighted by Crippen LogP contribution is 2.44. The average Bonchev–Trinajstić information content (AvgIpc) is 3.27. The molecule has 2 aliphatic rings. The lowest BCUT2D eigenvalue weighted by Gasteiger charge is -2.26. The zero-order valence-corrected chi connectivity index (χ0v) is 14.4. The van der Waals surface area contributed by atoms with Crippen LogP contribution in [0.2, 0.25) is 0 Å². The third kappa shape index (κ3) is 2.36. The molecule has 25 heavy (non-hydrogen) atoms. The molecule has 3 aromatic carbocycles. The molecule has 5 rings (SSSR count). The van der Waals surface area contributed by atoms with E-state index in [4.69, 9.17) is 0 Å². The van der Waals surface area contributed by atoms with Crippen LogP contribution in [0.3, 0.4) is 0 Å². The summed E-state index contributed by atoms with van der Waals surface area (Å²) in [6, 6.07) is 20.9. The van der Waals surface area contributed by atoms with Crippen molar-refractivity contribution in [3.63, 3.8) is 0 Å². The molecule has 0 saturated carbocycles. The topological polar surface area (TPSA) is 32.7 Å². The number of anilines is 1. The number of carbonyl (C=O) groups excluding carboxylic acids is 1. The van der Waals surface area contributed by atoms with E-state index in [1.54, 1.807) is 11.8 Å². The first-order chi connectivity index (χ1) is 12.3. The molecule has 2 heterocycles. The molecule has 1 saturated heterocycles. The first-order valence-electron chi connectivity index (χ1n) is 8.38. The largest absolute Gasteiger partial charge is 0.295 e. The molecule has 0 bridgehead atoms. The van der Waals surface area contributed by atoms with Crippen LogP contribution in [0.4, 0.5) is 11.4 Å². The first-order valence-corrected chi connectivity index (χ1v) is 9.43. The fourth-order valence-corrected chi connectivity index (χ4v) is 4.87. The highest BCUT2D eigenvalue weighted by atomic mass is 32.2. The summed E-state index contributed by atoms with van der Waals surface area (Å²) in [5.41, 5.74) is 4.38. The van der Waals surface area contributed by atoms with Crippen molar-refractivity contribution in [1.29, 1.82) is 0 Å². The summed E-state index contributed by atoms with van der Waals surface area (Å²) in [6.45, 7) is 0. The van der Waals surface area contributed by atoms with Gasteiger partial charge in [0.05, 0.1) is 11.4 Å². The lowest BCUT2D eigenvalue weighted by molar-refractivity contribution is -0.115. The predicted molar refractivity (Wildman–Crippen MR) is 105 cm³/mol. The molecule has 1 fully saturated rings. The predicted octanol–water partition coefficient (Wildman–Crippen LogP) is 4.88. The molecule has 0 aliphatic carbocycles. The fourth-order valence-electron chi connectivity index (χ4n) is 3.65. The van der Waals surface area contributed by atoms with Crippen LogP contribution in [0, 0.1) is 0 Å². The van der Waals surface area contributed by atoms with E-state index < -0.39 is 0 Å². The van der Waals surface area contributed by atoms with Crippen LogP contribution in [-0.2, 0) is 11.2 Å². The van der Waals surface area contributed by atoms with Gasteiger partial charge in [0.1, 0.15) is 5.37 Å². The Bertz CT molecular complexity index is 1020. The zero-order valence-electron chi connectivity index (χ0n) is 13.6. The van der Waals surface area contributed by atoms with Gasteiger partial charge in [-0.3, -0.25) is 14.7 Å². The number of hydrogen-bond donors (Lipinski definition) is 0. The molecular weight excluding hydrogens is 328 g/mol. The summed E-state index contributed by atoms with van der Waals surface area (Å²) in [4.78, 5) is 19.0. The molecule has 1 unspecified atom stereocenters. The Morgan fingerprint density at radius 3 is 2.88 bits per heavy atom. The number of nitrogens with zero attached hydrogens (tertiary/aromatic N) is 2. The van der Waals surface area contributed by atoms with Gasteiger partial charge < -0.3 is 0 Å². The Morgan fingerprint density at radius 2 is 1.92 bits per heavy atom. The number of fused-ring (bicyclic) bond motifs is 2. The van der Waals surface area contributed by atoms with Crippen molar-refractivity contribution >= 4 is 46.0 Å². The number of amides is 1. The Kier molecular flexibility index (Phi) is 3.38. The van der Waals surface area contributed by atoms with Crippen molar-refractivity contribution in [3.8, 4) is 0 Å². The maximum absolute atomic E-state index is 12.7. The summed E-state index contributed by atoms with van der Waals surface area (Å²) < 4.78 is 0. The number of thioether (sulfide) groups is 1. The van der Waals surface area contributed by atoms with Crippen molar-refractivity contribution < 1.29 is 4.79 Å². The molecular formula is C21H16N2OS. The minimum atomic E-state index is 0.0129. The number of hydrogen-bond acceptors (Lipinski definition) is 3. The third-order valence-corrected chi connectivity index (χ3v) is 6.03. The second kappa shape index (κ2) is 5.74. The van der Waals surface area contributed by atoms with Crippen molar-refractivity contribution in [2.45, 2.75) is 11.8 Å². The molecule has 1 amide bonds. The third-order valence-electron chi connectivity index (χ3n) is 4.84. The van der Waals surface area contributed by atoms with E-state index in [2.05, 4.69) is 53.5 Å². The molecule has 1 atom stereocenters. The van der Waals surface area contributed by atoms with Gasteiger partial charge in [-0.05, 0) is 40.1 Å². The molecule has 4 heteroatoms. The molecule has 0 aromatic heterocycles. The molecule has 3 nitrogen and oxygen atoms in total. The van der Waals surface area contributed by atoms with E-state index in [0.29, 0.717) is 5.75 Å². The molecule has 122 valence electrons. The number of carbonyl (C=O) groups is 1. The van der Waals surface area contributed by atoms with Crippen LogP contribution in [0.5, 0.6) is 0 Å². The average molecular weight is 344 g/mol. The Hall–Kier alpha value is -2.59. The van der Waals surface area contributed by atoms with Gasteiger partial charge in [0.15, 0.2) is 0 Å². The van der Waals surface area contributed by atoms with Crippen molar-refractivity contribution in [3.05, 3.63) is 71.8 Å². The summed E-state index contributed by atoms with van der Waals surface area (Å²) in [5, 5.41) is 2.44. The van der Waals surface area contributed by atoms with Crippen LogP contribution >= 0.6 is 11.8 Å². The van der Waals surface area contributed by atoms with Crippen LogP contribution in [0.15, 0.2) is 65.7 Å². The van der Waals surface area contributed by atoms with E-state index in [1.807, 2.05) is 23.2 Å². The maximum Gasteiger partial charge on any atom is 0.238 e. The highest BCUT2D eigenvalue weighted by molar-refractivity contribution is 8.00. The maximum atomic E-state index is 12.7. The normalized spacial score (nSPS) is 19.0. The zero-order chi connectivity index (χ0) is 16.8. The van der Waals surface area contributed by atoms with Crippen molar-refractivity contribution in [2.75, 3.05) is 10.7 Å². The quantitative estimate of drug-likeness (QED) is 0.664. The number of rotatable bonds is 2. The minimum Gasteiger partial charge on any atom is -0.295 e. The minimum absolute atomic E-state index is 0.0129. The Labute approximate surface area is 150 Å². The molecule has 0 spiro atoms. The standard InChI is InChI=1S/C21H16N2OS/c24-20-13-25-21(18-7-3-5-14-4-1-2-6-17(14)18)23(20)16-8-9-19-15(12-16)10-11-22-19/h1-9,11-12,21H,10,13H2. The first kappa shape index (κ1) is 14.7. The molecule has 3 aromatic rings. The second-order valence-corrected chi connectivity index (χ2v) is 7.39. The summed E-state index contributed by atoms with van der Waals surface area (Å²) in [6.07, 6.45) is 2.77. The lowest BCUT2D eigenvalue weighted by Crippen LogP contribution is -2.28. The monoisotopic (exact) mass is 344 g/mol. The van der Waals surface area contributed by atoms with Crippen LogP contribution < -0.4 is 4.90 Å². The van der Waals surface area contributed by atoms with E-state index in [-0.39, 0.29) is 11.3 Å². The van der Waals surface area contributed by atoms with Gasteiger partial charge in [0, 0.05) is 18.3 Å². The molecule has 0 radical (unpaired) electrons. The number of aliphatic imine (C=N–C) groups is 1. The SMILES string of the molecule is O=C1CSC(c2cccc3ccccc23)N1c1ccc2c(c1)CC=N2. The van der Waals surface area contributed by atoms with E-state index in [0.717, 1.165) is 17.8 Å².